The molecule has 84 valence electrons. The lowest BCUT2D eigenvalue weighted by Crippen LogP contribution is -2.43. The Morgan fingerprint density at radius 2 is 1.93 bits per heavy atom. The molecule has 0 aliphatic heterocycles. The Hall–Kier alpha value is -1.10. The maximum atomic E-state index is 11.4. The molecule has 4 N–H and O–H groups in total. The first-order valence-corrected chi connectivity index (χ1v) is 5.31. The molecule has 0 heterocycles. The van der Waals surface area contributed by atoms with Crippen LogP contribution in [0.2, 0.25) is 0 Å². The van der Waals surface area contributed by atoms with Crippen LogP contribution < -0.4 is 11.2 Å². The van der Waals surface area contributed by atoms with E-state index in [1.165, 1.54) is 0 Å². The number of carbonyl (C=O) groups is 2. The lowest BCUT2D eigenvalue weighted by atomic mass is 9.71. The molecule has 0 bridgehead atoms. The highest BCUT2D eigenvalue weighted by Gasteiger charge is 2.51. The summed E-state index contributed by atoms with van der Waals surface area (Å²) in [5.41, 5.74) is 7.16. The average Bonchev–Trinajstić information content (AvgIpc) is 2.96. The fourth-order valence-corrected chi connectivity index (χ4v) is 2.70. The van der Waals surface area contributed by atoms with Gasteiger partial charge < -0.3 is 5.73 Å². The molecule has 15 heavy (non-hydrogen) atoms. The van der Waals surface area contributed by atoms with Crippen LogP contribution in [0.3, 0.4) is 0 Å². The molecule has 0 aromatic rings. The summed E-state index contributed by atoms with van der Waals surface area (Å²) in [4.78, 5) is 22.6. The number of hydrogen-bond acceptors (Lipinski definition) is 3. The molecule has 0 aromatic heterocycles. The Labute approximate surface area is 88.0 Å². The first-order valence-electron chi connectivity index (χ1n) is 5.31. The molecule has 0 saturated heterocycles. The van der Waals surface area contributed by atoms with Gasteiger partial charge in [0, 0.05) is 5.92 Å². The summed E-state index contributed by atoms with van der Waals surface area (Å²) in [6.07, 6.45) is 4.61. The molecule has 5 nitrogen and oxygen atoms in total. The van der Waals surface area contributed by atoms with Gasteiger partial charge in [-0.3, -0.25) is 14.8 Å². The number of primary amides is 1. The van der Waals surface area contributed by atoms with E-state index in [1.807, 2.05) is 0 Å². The standard InChI is InChI=1S/C10H16N2O3/c11-8(13)6-1-2-10(3-4-10)5-7(6)9(14)12-15/h6-7,15H,1-5H2,(H2,11,13)(H,12,14). The predicted molar refractivity (Wildman–Crippen MR) is 51.6 cm³/mol. The molecule has 2 atom stereocenters. The van der Waals surface area contributed by atoms with E-state index < -0.39 is 23.7 Å². The summed E-state index contributed by atoms with van der Waals surface area (Å²) in [5, 5.41) is 8.63. The Morgan fingerprint density at radius 1 is 1.27 bits per heavy atom. The van der Waals surface area contributed by atoms with Crippen molar-refractivity contribution in [1.82, 2.24) is 5.48 Å². The van der Waals surface area contributed by atoms with Gasteiger partial charge in [-0.05, 0) is 37.5 Å². The van der Waals surface area contributed by atoms with E-state index in [-0.39, 0.29) is 5.41 Å². The third-order valence-corrected chi connectivity index (χ3v) is 3.89. The SMILES string of the molecule is NC(=O)C1CCC2(CC2)CC1C(=O)NO. The van der Waals surface area contributed by atoms with Crippen LogP contribution in [0.25, 0.3) is 0 Å². The van der Waals surface area contributed by atoms with Crippen molar-refractivity contribution in [3.8, 4) is 0 Å². The first kappa shape index (κ1) is 10.4. The van der Waals surface area contributed by atoms with Crippen molar-refractivity contribution >= 4 is 11.8 Å². The van der Waals surface area contributed by atoms with E-state index in [0.29, 0.717) is 12.8 Å². The maximum absolute atomic E-state index is 11.4. The molecule has 2 saturated carbocycles. The smallest absolute Gasteiger partial charge is 0.247 e. The zero-order valence-electron chi connectivity index (χ0n) is 8.53. The van der Waals surface area contributed by atoms with Crippen molar-refractivity contribution in [3.05, 3.63) is 0 Å². The third-order valence-electron chi connectivity index (χ3n) is 3.89. The molecule has 0 aromatic carbocycles. The molecular formula is C10H16N2O3. The van der Waals surface area contributed by atoms with E-state index in [0.717, 1.165) is 19.3 Å². The van der Waals surface area contributed by atoms with E-state index in [1.54, 1.807) is 5.48 Å². The first-order chi connectivity index (χ1) is 7.08. The molecule has 2 unspecified atom stereocenters. The molecule has 1 spiro atoms. The van der Waals surface area contributed by atoms with Crippen molar-refractivity contribution in [1.29, 1.82) is 0 Å². The number of hydroxylamine groups is 1. The zero-order valence-corrected chi connectivity index (χ0v) is 8.53. The van der Waals surface area contributed by atoms with Gasteiger partial charge in [0.05, 0.1) is 5.92 Å². The molecule has 2 rings (SSSR count). The number of rotatable bonds is 2. The van der Waals surface area contributed by atoms with Gasteiger partial charge in [0.25, 0.3) is 0 Å². The molecular weight excluding hydrogens is 196 g/mol. The number of nitrogens with two attached hydrogens (primary N) is 1. The van der Waals surface area contributed by atoms with Crippen molar-refractivity contribution in [2.45, 2.75) is 32.1 Å². The average molecular weight is 212 g/mol. The van der Waals surface area contributed by atoms with Crippen molar-refractivity contribution < 1.29 is 14.8 Å². The highest BCUT2D eigenvalue weighted by atomic mass is 16.5. The summed E-state index contributed by atoms with van der Waals surface area (Å²) in [6.45, 7) is 0. The summed E-state index contributed by atoms with van der Waals surface area (Å²) in [7, 11) is 0. The fraction of sp³-hybridized carbons (Fsp3) is 0.800. The molecule has 5 heteroatoms. The number of carbonyl (C=O) groups excluding carboxylic acids is 2. The number of hydrogen-bond donors (Lipinski definition) is 3. The summed E-state index contributed by atoms with van der Waals surface area (Å²) in [5.74, 6) is -1.75. The van der Waals surface area contributed by atoms with Gasteiger partial charge in [-0.2, -0.15) is 0 Å². The van der Waals surface area contributed by atoms with Crippen molar-refractivity contribution in [2.75, 3.05) is 0 Å². The lowest BCUT2D eigenvalue weighted by Gasteiger charge is -2.33. The summed E-state index contributed by atoms with van der Waals surface area (Å²) >= 11 is 0. The zero-order chi connectivity index (χ0) is 11.1. The Balaban J connectivity index is 2.11. The Bertz CT molecular complexity index is 299. The lowest BCUT2D eigenvalue weighted by molar-refractivity contribution is -0.142. The van der Waals surface area contributed by atoms with Gasteiger partial charge in [0.2, 0.25) is 11.8 Å². The maximum Gasteiger partial charge on any atom is 0.247 e. The van der Waals surface area contributed by atoms with Crippen LogP contribution in [-0.4, -0.2) is 17.0 Å². The highest BCUT2D eigenvalue weighted by molar-refractivity contribution is 5.86. The van der Waals surface area contributed by atoms with Crippen LogP contribution in [0, 0.1) is 17.3 Å². The second-order valence-electron chi connectivity index (χ2n) is 4.83. The van der Waals surface area contributed by atoms with Crippen LogP contribution in [0.1, 0.15) is 32.1 Å². The minimum Gasteiger partial charge on any atom is -0.369 e. The Kier molecular flexibility index (Phi) is 2.42. The van der Waals surface area contributed by atoms with Crippen molar-refractivity contribution in [3.63, 3.8) is 0 Å². The van der Waals surface area contributed by atoms with Crippen LogP contribution in [0.5, 0.6) is 0 Å². The summed E-state index contributed by atoms with van der Waals surface area (Å²) in [6, 6.07) is 0. The Morgan fingerprint density at radius 3 is 2.40 bits per heavy atom. The van der Waals surface area contributed by atoms with E-state index in [9.17, 15) is 9.59 Å². The van der Waals surface area contributed by atoms with Crippen LogP contribution in [-0.2, 0) is 9.59 Å². The van der Waals surface area contributed by atoms with E-state index >= 15 is 0 Å². The quantitative estimate of drug-likeness (QED) is 0.450. The van der Waals surface area contributed by atoms with E-state index in [2.05, 4.69) is 0 Å². The highest BCUT2D eigenvalue weighted by Crippen LogP contribution is 2.58. The normalized spacial score (nSPS) is 32.3. The van der Waals surface area contributed by atoms with Gasteiger partial charge in [0.15, 0.2) is 0 Å². The van der Waals surface area contributed by atoms with Crippen LogP contribution in [0.4, 0.5) is 0 Å². The molecule has 2 fully saturated rings. The fourth-order valence-electron chi connectivity index (χ4n) is 2.70. The topological polar surface area (TPSA) is 92.4 Å². The number of amides is 2. The minimum absolute atomic E-state index is 0.267. The number of nitrogens with one attached hydrogen (secondary N) is 1. The van der Waals surface area contributed by atoms with Gasteiger partial charge in [-0.25, -0.2) is 5.48 Å². The third kappa shape index (κ3) is 1.84. The molecule has 2 aliphatic carbocycles. The predicted octanol–water partition coefficient (Wildman–Crippen LogP) is 0.174. The molecule has 2 aliphatic rings. The molecule has 2 amide bonds. The monoisotopic (exact) mass is 212 g/mol. The second kappa shape index (κ2) is 3.48. The van der Waals surface area contributed by atoms with Crippen LogP contribution in [0.15, 0.2) is 0 Å². The largest absolute Gasteiger partial charge is 0.369 e. The van der Waals surface area contributed by atoms with Gasteiger partial charge >= 0.3 is 0 Å². The van der Waals surface area contributed by atoms with Gasteiger partial charge in [0.1, 0.15) is 0 Å². The molecule has 0 radical (unpaired) electrons. The van der Waals surface area contributed by atoms with E-state index in [4.69, 9.17) is 10.9 Å². The van der Waals surface area contributed by atoms with Crippen molar-refractivity contribution in [2.24, 2.45) is 23.0 Å². The second-order valence-corrected chi connectivity index (χ2v) is 4.83. The summed E-state index contributed by atoms with van der Waals surface area (Å²) < 4.78 is 0. The van der Waals surface area contributed by atoms with Crippen LogP contribution >= 0.6 is 0 Å². The minimum atomic E-state index is -0.468. The van der Waals surface area contributed by atoms with Gasteiger partial charge in [-0.1, -0.05) is 0 Å². The van der Waals surface area contributed by atoms with Gasteiger partial charge in [-0.15, -0.1) is 0 Å².